The maximum absolute atomic E-state index is 12.3. The van der Waals surface area contributed by atoms with Crippen molar-refractivity contribution in [2.45, 2.75) is 26.9 Å². The van der Waals surface area contributed by atoms with E-state index in [1.807, 2.05) is 38.1 Å². The van der Waals surface area contributed by atoms with Crippen LogP contribution in [0.3, 0.4) is 0 Å². The summed E-state index contributed by atoms with van der Waals surface area (Å²) in [7, 11) is 0. The van der Waals surface area contributed by atoms with Crippen molar-refractivity contribution >= 4 is 12.0 Å². The van der Waals surface area contributed by atoms with Gasteiger partial charge in [0.2, 0.25) is 0 Å². The molecular formula is C20H19N3O3. The smallest absolute Gasteiger partial charge is 0.262 e. The van der Waals surface area contributed by atoms with Crippen LogP contribution in [0.4, 0.5) is 0 Å². The molecule has 0 spiro atoms. The highest BCUT2D eigenvalue weighted by Crippen LogP contribution is 2.20. The summed E-state index contributed by atoms with van der Waals surface area (Å²) in [5, 5.41) is 12.1. The highest BCUT2D eigenvalue weighted by atomic mass is 16.3. The number of carbonyl (C=O) groups excluding carboxylic acids is 1. The lowest BCUT2D eigenvalue weighted by Gasteiger charge is -2.07. The van der Waals surface area contributed by atoms with Crippen LogP contribution in [0.1, 0.15) is 28.5 Å². The first-order valence-electron chi connectivity index (χ1n) is 8.20. The summed E-state index contributed by atoms with van der Waals surface area (Å²) in [6, 6.07) is 11.2. The molecule has 3 aromatic rings. The molecule has 1 amide bonds. The molecule has 1 N–H and O–H groups in total. The molecule has 3 aromatic heterocycles. The van der Waals surface area contributed by atoms with Gasteiger partial charge in [-0.1, -0.05) is 0 Å². The maximum Gasteiger partial charge on any atom is 0.262 e. The number of nitrogens with one attached hydrogen (secondary N) is 1. The van der Waals surface area contributed by atoms with E-state index in [4.69, 9.17) is 8.83 Å². The van der Waals surface area contributed by atoms with Crippen molar-refractivity contribution in [1.29, 1.82) is 5.26 Å². The number of aryl methyl sites for hydroxylation is 1. The van der Waals surface area contributed by atoms with Gasteiger partial charge in [0.15, 0.2) is 0 Å². The second-order valence-corrected chi connectivity index (χ2v) is 5.92. The molecular weight excluding hydrogens is 330 g/mol. The quantitative estimate of drug-likeness (QED) is 0.545. The van der Waals surface area contributed by atoms with E-state index in [0.717, 1.165) is 22.7 Å². The van der Waals surface area contributed by atoms with E-state index in [0.29, 0.717) is 12.3 Å². The molecule has 132 valence electrons. The molecule has 3 rings (SSSR count). The summed E-state index contributed by atoms with van der Waals surface area (Å²) in [5.74, 6) is 1.05. The van der Waals surface area contributed by atoms with Crippen molar-refractivity contribution in [2.75, 3.05) is 0 Å². The molecule has 6 nitrogen and oxygen atoms in total. The van der Waals surface area contributed by atoms with Gasteiger partial charge in [-0.25, -0.2) is 0 Å². The molecule has 0 bridgehead atoms. The molecule has 0 saturated heterocycles. The lowest BCUT2D eigenvalue weighted by molar-refractivity contribution is -0.117. The van der Waals surface area contributed by atoms with E-state index < -0.39 is 5.91 Å². The SMILES string of the molecule is Cc1cc(C=C(C#N)C(=O)NCc2ccco2)c(C)n1Cc1ccco1. The van der Waals surface area contributed by atoms with Crippen molar-refractivity contribution < 1.29 is 13.6 Å². The van der Waals surface area contributed by atoms with Crippen molar-refractivity contribution in [2.24, 2.45) is 0 Å². The Bertz CT molecular complexity index is 955. The van der Waals surface area contributed by atoms with E-state index in [1.54, 1.807) is 24.5 Å². The summed E-state index contributed by atoms with van der Waals surface area (Å²) in [4.78, 5) is 12.3. The predicted octanol–water partition coefficient (Wildman–Crippen LogP) is 3.56. The Hall–Kier alpha value is -3.46. The number of hydrogen-bond donors (Lipinski definition) is 1. The van der Waals surface area contributed by atoms with Gasteiger partial charge in [0.1, 0.15) is 23.2 Å². The normalized spacial score (nSPS) is 11.3. The van der Waals surface area contributed by atoms with Gasteiger partial charge >= 0.3 is 0 Å². The van der Waals surface area contributed by atoms with Crippen LogP contribution >= 0.6 is 0 Å². The molecule has 0 fully saturated rings. The van der Waals surface area contributed by atoms with E-state index in [1.165, 1.54) is 6.26 Å². The van der Waals surface area contributed by atoms with Crippen LogP contribution in [0.25, 0.3) is 6.08 Å². The number of hydrogen-bond acceptors (Lipinski definition) is 4. The number of aromatic nitrogens is 1. The molecule has 0 aliphatic rings. The zero-order chi connectivity index (χ0) is 18.5. The number of carbonyl (C=O) groups is 1. The summed E-state index contributed by atoms with van der Waals surface area (Å²) < 4.78 is 12.7. The van der Waals surface area contributed by atoms with Gasteiger partial charge in [0.05, 0.1) is 25.6 Å². The van der Waals surface area contributed by atoms with E-state index >= 15 is 0 Å². The molecule has 6 heteroatoms. The summed E-state index contributed by atoms with van der Waals surface area (Å²) in [6.07, 6.45) is 4.79. The van der Waals surface area contributed by atoms with Gasteiger partial charge in [-0.3, -0.25) is 4.79 Å². The Morgan fingerprint density at radius 2 is 1.92 bits per heavy atom. The van der Waals surface area contributed by atoms with Gasteiger partial charge < -0.3 is 18.7 Å². The molecule has 0 aromatic carbocycles. The standard InChI is InChI=1S/C20H19N3O3/c1-14-9-16(15(2)23(14)13-19-6-4-8-26-19)10-17(11-21)20(24)22-12-18-5-3-7-25-18/h3-10H,12-13H2,1-2H3,(H,22,24). The lowest BCUT2D eigenvalue weighted by Crippen LogP contribution is -2.23. The first kappa shape index (κ1) is 17.4. The zero-order valence-corrected chi connectivity index (χ0v) is 14.7. The van der Waals surface area contributed by atoms with E-state index in [2.05, 4.69) is 9.88 Å². The van der Waals surface area contributed by atoms with Crippen LogP contribution in [-0.2, 0) is 17.9 Å². The third-order valence-corrected chi connectivity index (χ3v) is 4.18. The van der Waals surface area contributed by atoms with Gasteiger partial charge in [-0.05, 0) is 55.8 Å². The second kappa shape index (κ2) is 7.62. The first-order valence-corrected chi connectivity index (χ1v) is 8.20. The van der Waals surface area contributed by atoms with Crippen LogP contribution in [0.15, 0.2) is 57.3 Å². The number of nitriles is 1. The van der Waals surface area contributed by atoms with Gasteiger partial charge in [-0.15, -0.1) is 0 Å². The minimum Gasteiger partial charge on any atom is -0.467 e. The average Bonchev–Trinajstić information content (AvgIpc) is 3.37. The van der Waals surface area contributed by atoms with Crippen LogP contribution in [-0.4, -0.2) is 10.5 Å². The van der Waals surface area contributed by atoms with Crippen molar-refractivity contribution in [1.82, 2.24) is 9.88 Å². The van der Waals surface area contributed by atoms with Crippen LogP contribution < -0.4 is 5.32 Å². The minimum absolute atomic E-state index is 0.0507. The number of nitrogens with zero attached hydrogens (tertiary/aromatic N) is 2. The molecule has 0 unspecified atom stereocenters. The third-order valence-electron chi connectivity index (χ3n) is 4.18. The van der Waals surface area contributed by atoms with Crippen molar-refractivity contribution in [3.05, 3.63) is 76.9 Å². The number of amides is 1. The Morgan fingerprint density at radius 3 is 2.54 bits per heavy atom. The molecule has 0 aliphatic heterocycles. The fourth-order valence-electron chi connectivity index (χ4n) is 2.76. The summed E-state index contributed by atoms with van der Waals surface area (Å²) in [6.45, 7) is 4.78. The average molecular weight is 349 g/mol. The molecule has 3 heterocycles. The maximum atomic E-state index is 12.3. The largest absolute Gasteiger partial charge is 0.467 e. The third kappa shape index (κ3) is 3.78. The minimum atomic E-state index is -0.431. The predicted molar refractivity (Wildman–Crippen MR) is 95.9 cm³/mol. The van der Waals surface area contributed by atoms with Gasteiger partial charge in [0.25, 0.3) is 5.91 Å². The van der Waals surface area contributed by atoms with Gasteiger partial charge in [-0.2, -0.15) is 5.26 Å². The topological polar surface area (TPSA) is 84.1 Å². The van der Waals surface area contributed by atoms with Crippen LogP contribution in [0.2, 0.25) is 0 Å². The number of furan rings is 2. The number of rotatable bonds is 6. The molecule has 26 heavy (non-hydrogen) atoms. The monoisotopic (exact) mass is 349 g/mol. The van der Waals surface area contributed by atoms with Crippen LogP contribution in [0, 0.1) is 25.2 Å². The second-order valence-electron chi connectivity index (χ2n) is 5.92. The Balaban J connectivity index is 1.78. The van der Waals surface area contributed by atoms with Gasteiger partial charge in [0, 0.05) is 11.4 Å². The molecule has 0 aliphatic carbocycles. The van der Waals surface area contributed by atoms with Crippen LogP contribution in [0.5, 0.6) is 0 Å². The van der Waals surface area contributed by atoms with Crippen molar-refractivity contribution in [3.63, 3.8) is 0 Å². The summed E-state index contributed by atoms with van der Waals surface area (Å²) >= 11 is 0. The molecule has 0 atom stereocenters. The lowest BCUT2D eigenvalue weighted by atomic mass is 10.1. The molecule has 0 radical (unpaired) electrons. The first-order chi connectivity index (χ1) is 12.6. The highest BCUT2D eigenvalue weighted by molar-refractivity contribution is 6.01. The zero-order valence-electron chi connectivity index (χ0n) is 14.7. The summed E-state index contributed by atoms with van der Waals surface area (Å²) in [5.41, 5.74) is 2.87. The fourth-order valence-corrected chi connectivity index (χ4v) is 2.76. The van der Waals surface area contributed by atoms with Crippen molar-refractivity contribution in [3.8, 4) is 6.07 Å². The Morgan fingerprint density at radius 1 is 1.23 bits per heavy atom. The Labute approximate surface area is 151 Å². The Kier molecular flexibility index (Phi) is 5.09. The van der Waals surface area contributed by atoms with E-state index in [9.17, 15) is 10.1 Å². The van der Waals surface area contributed by atoms with E-state index in [-0.39, 0.29) is 12.1 Å². The highest BCUT2D eigenvalue weighted by Gasteiger charge is 2.14. The fraction of sp³-hybridized carbons (Fsp3) is 0.200. The molecule has 0 saturated carbocycles.